The third-order valence-electron chi connectivity index (χ3n) is 4.50. The van der Waals surface area contributed by atoms with Crippen LogP contribution in [-0.4, -0.2) is 30.0 Å². The first-order valence-electron chi connectivity index (χ1n) is 7.60. The molecule has 0 spiro atoms. The van der Waals surface area contributed by atoms with Crippen molar-refractivity contribution in [2.45, 2.75) is 39.2 Å². The molecule has 2 fully saturated rings. The first-order chi connectivity index (χ1) is 9.54. The molecule has 1 aromatic carbocycles. The molecule has 2 aliphatic rings. The number of hydrogen-bond acceptors (Lipinski definition) is 2. The summed E-state index contributed by atoms with van der Waals surface area (Å²) in [5.41, 5.74) is 1.29. The molecule has 3 heteroatoms. The summed E-state index contributed by atoms with van der Waals surface area (Å²) in [6, 6.07) is 8.06. The Morgan fingerprint density at radius 2 is 1.75 bits per heavy atom. The molecule has 1 aliphatic heterocycles. The Hall–Kier alpha value is -1.51. The van der Waals surface area contributed by atoms with E-state index < -0.39 is 6.10 Å². The highest BCUT2D eigenvalue weighted by molar-refractivity contribution is 5.81. The molecule has 1 saturated heterocycles. The summed E-state index contributed by atoms with van der Waals surface area (Å²) >= 11 is 0. The predicted octanol–water partition coefficient (Wildman–Crippen LogP) is 3.06. The number of ether oxygens (including phenoxy) is 1. The first kappa shape index (κ1) is 13.5. The van der Waals surface area contributed by atoms with E-state index in [0.717, 1.165) is 30.7 Å². The molecule has 0 radical (unpaired) electrons. The highest BCUT2D eigenvalue weighted by Crippen LogP contribution is 2.45. The van der Waals surface area contributed by atoms with Crippen LogP contribution in [0.1, 0.15) is 38.7 Å². The minimum absolute atomic E-state index is 0.130. The summed E-state index contributed by atoms with van der Waals surface area (Å²) in [6.45, 7) is 8.05. The summed E-state index contributed by atoms with van der Waals surface area (Å²) < 4.78 is 5.78. The number of benzene rings is 1. The molecule has 3 nitrogen and oxygen atoms in total. The van der Waals surface area contributed by atoms with Crippen molar-refractivity contribution in [2.75, 3.05) is 13.1 Å². The number of carbonyl (C=O) groups is 1. The topological polar surface area (TPSA) is 29.5 Å². The van der Waals surface area contributed by atoms with Crippen molar-refractivity contribution in [3.63, 3.8) is 0 Å². The van der Waals surface area contributed by atoms with E-state index in [-0.39, 0.29) is 5.91 Å². The molecular weight excluding hydrogens is 250 g/mol. The van der Waals surface area contributed by atoms with Gasteiger partial charge in [0.05, 0.1) is 0 Å². The first-order valence-corrected chi connectivity index (χ1v) is 7.60. The van der Waals surface area contributed by atoms with Gasteiger partial charge in [-0.25, -0.2) is 0 Å². The van der Waals surface area contributed by atoms with E-state index in [1.807, 2.05) is 24.0 Å². The lowest BCUT2D eigenvalue weighted by atomic mass is 10.0. The van der Waals surface area contributed by atoms with Crippen molar-refractivity contribution < 1.29 is 9.53 Å². The molecule has 0 aromatic heterocycles. The van der Waals surface area contributed by atoms with Crippen LogP contribution in [0, 0.1) is 11.8 Å². The Morgan fingerprint density at radius 1 is 1.15 bits per heavy atom. The number of rotatable bonds is 4. The van der Waals surface area contributed by atoms with Crippen molar-refractivity contribution in [2.24, 2.45) is 11.8 Å². The van der Waals surface area contributed by atoms with Gasteiger partial charge in [0.15, 0.2) is 6.10 Å². The molecule has 3 rings (SSSR count). The molecule has 0 bridgehead atoms. The molecule has 1 aliphatic carbocycles. The summed E-state index contributed by atoms with van der Waals surface area (Å²) in [4.78, 5) is 14.3. The van der Waals surface area contributed by atoms with E-state index in [1.165, 1.54) is 12.0 Å². The zero-order valence-corrected chi connectivity index (χ0v) is 12.5. The Balaban J connectivity index is 1.57. The number of nitrogens with zero attached hydrogens (tertiary/aromatic N) is 1. The summed E-state index contributed by atoms with van der Waals surface area (Å²) in [7, 11) is 0. The van der Waals surface area contributed by atoms with Crippen molar-refractivity contribution in [3.05, 3.63) is 29.8 Å². The molecule has 20 heavy (non-hydrogen) atoms. The van der Waals surface area contributed by atoms with Gasteiger partial charge in [0.25, 0.3) is 5.91 Å². The molecule has 108 valence electrons. The van der Waals surface area contributed by atoms with Gasteiger partial charge >= 0.3 is 0 Å². The average Bonchev–Trinajstić information content (AvgIpc) is 3.05. The largest absolute Gasteiger partial charge is 0.481 e. The Bertz CT molecular complexity index is 484. The fourth-order valence-corrected chi connectivity index (χ4v) is 3.02. The maximum atomic E-state index is 12.3. The van der Waals surface area contributed by atoms with E-state index in [2.05, 4.69) is 26.0 Å². The van der Waals surface area contributed by atoms with Crippen molar-refractivity contribution >= 4 is 5.91 Å². The number of amides is 1. The number of fused-ring (bicyclic) bond motifs is 1. The molecule has 0 N–H and O–H groups in total. The fourth-order valence-electron chi connectivity index (χ4n) is 3.02. The van der Waals surface area contributed by atoms with E-state index >= 15 is 0 Å². The Labute approximate surface area is 120 Å². The van der Waals surface area contributed by atoms with Crippen LogP contribution in [0.25, 0.3) is 0 Å². The molecule has 3 atom stereocenters. The van der Waals surface area contributed by atoms with Crippen LogP contribution < -0.4 is 4.74 Å². The minimum atomic E-state index is -0.391. The van der Waals surface area contributed by atoms with Gasteiger partial charge in [-0.2, -0.15) is 0 Å². The highest BCUT2D eigenvalue weighted by Gasteiger charge is 2.47. The Morgan fingerprint density at radius 3 is 2.30 bits per heavy atom. The monoisotopic (exact) mass is 273 g/mol. The van der Waals surface area contributed by atoms with Crippen LogP contribution in [0.3, 0.4) is 0 Å². The van der Waals surface area contributed by atoms with Gasteiger partial charge in [0.1, 0.15) is 5.75 Å². The van der Waals surface area contributed by atoms with Crippen LogP contribution in [0.15, 0.2) is 24.3 Å². The maximum absolute atomic E-state index is 12.3. The van der Waals surface area contributed by atoms with Gasteiger partial charge in [0.2, 0.25) is 0 Å². The van der Waals surface area contributed by atoms with E-state index in [0.29, 0.717) is 5.92 Å². The fraction of sp³-hybridized carbons (Fsp3) is 0.588. The number of hydrogen-bond donors (Lipinski definition) is 0. The third kappa shape index (κ3) is 2.67. The zero-order chi connectivity index (χ0) is 14.3. The second-order valence-electron chi connectivity index (χ2n) is 6.48. The average molecular weight is 273 g/mol. The maximum Gasteiger partial charge on any atom is 0.263 e. The number of piperidine rings is 1. The summed E-state index contributed by atoms with van der Waals surface area (Å²) in [6.07, 6.45) is 0.924. The van der Waals surface area contributed by atoms with Crippen molar-refractivity contribution in [3.8, 4) is 5.75 Å². The standard InChI is InChI=1S/C17H23NO2/c1-11(2)13-4-6-16(7-5-13)20-12(3)17(19)18-9-14-8-15(14)10-18/h4-7,11-12,14-15H,8-10H2,1-3H3. The molecule has 1 saturated carbocycles. The van der Waals surface area contributed by atoms with Gasteiger partial charge in [0, 0.05) is 13.1 Å². The second kappa shape index (κ2) is 5.12. The molecular formula is C17H23NO2. The number of carbonyl (C=O) groups excluding carboxylic acids is 1. The number of likely N-dealkylation sites (tertiary alicyclic amines) is 1. The quantitative estimate of drug-likeness (QED) is 0.844. The third-order valence-corrected chi connectivity index (χ3v) is 4.50. The SMILES string of the molecule is CC(Oc1ccc(C(C)C)cc1)C(=O)N1CC2CC2C1. The zero-order valence-electron chi connectivity index (χ0n) is 12.5. The Kier molecular flexibility index (Phi) is 3.45. The van der Waals surface area contributed by atoms with Gasteiger partial charge in [-0.05, 0) is 48.8 Å². The lowest BCUT2D eigenvalue weighted by Crippen LogP contribution is -2.40. The van der Waals surface area contributed by atoms with Crippen LogP contribution in [-0.2, 0) is 4.79 Å². The van der Waals surface area contributed by atoms with Gasteiger partial charge in [-0.1, -0.05) is 26.0 Å². The minimum Gasteiger partial charge on any atom is -0.481 e. The van der Waals surface area contributed by atoms with E-state index in [4.69, 9.17) is 4.74 Å². The van der Waals surface area contributed by atoms with Crippen molar-refractivity contribution in [1.82, 2.24) is 4.90 Å². The predicted molar refractivity (Wildman–Crippen MR) is 78.8 cm³/mol. The van der Waals surface area contributed by atoms with Crippen LogP contribution in [0.5, 0.6) is 5.75 Å². The van der Waals surface area contributed by atoms with E-state index in [1.54, 1.807) is 0 Å². The van der Waals surface area contributed by atoms with Gasteiger partial charge in [-0.15, -0.1) is 0 Å². The van der Waals surface area contributed by atoms with Gasteiger partial charge in [-0.3, -0.25) is 4.79 Å². The van der Waals surface area contributed by atoms with Crippen LogP contribution in [0.2, 0.25) is 0 Å². The molecule has 1 aromatic rings. The second-order valence-corrected chi connectivity index (χ2v) is 6.48. The van der Waals surface area contributed by atoms with E-state index in [9.17, 15) is 4.79 Å². The lowest BCUT2D eigenvalue weighted by Gasteiger charge is -2.23. The molecule has 1 amide bonds. The highest BCUT2D eigenvalue weighted by atomic mass is 16.5. The molecule has 1 heterocycles. The normalized spacial score (nSPS) is 25.5. The summed E-state index contributed by atoms with van der Waals surface area (Å²) in [5.74, 6) is 2.97. The smallest absolute Gasteiger partial charge is 0.263 e. The summed E-state index contributed by atoms with van der Waals surface area (Å²) in [5, 5.41) is 0. The molecule has 3 unspecified atom stereocenters. The van der Waals surface area contributed by atoms with Gasteiger partial charge < -0.3 is 9.64 Å². The van der Waals surface area contributed by atoms with Crippen molar-refractivity contribution in [1.29, 1.82) is 0 Å². The van der Waals surface area contributed by atoms with Crippen LogP contribution in [0.4, 0.5) is 0 Å². The van der Waals surface area contributed by atoms with Crippen LogP contribution >= 0.6 is 0 Å². The lowest BCUT2D eigenvalue weighted by molar-refractivity contribution is -0.137.